The SMILES string of the molecule is COC(=O)c1cc(S(=O)(=O)NCC(c2cccc(OC)c2)N(C)C)ccc1Br. The fourth-order valence-corrected chi connectivity index (χ4v) is 4.13. The Balaban J connectivity index is 2.26. The van der Waals surface area contributed by atoms with Crippen LogP contribution in [0.4, 0.5) is 0 Å². The number of hydrogen-bond acceptors (Lipinski definition) is 6. The highest BCUT2D eigenvalue weighted by Gasteiger charge is 2.22. The highest BCUT2D eigenvalue weighted by Crippen LogP contribution is 2.24. The van der Waals surface area contributed by atoms with Crippen LogP contribution in [0.25, 0.3) is 0 Å². The number of halogens is 1. The van der Waals surface area contributed by atoms with E-state index in [1.165, 1.54) is 25.3 Å². The van der Waals surface area contributed by atoms with Gasteiger partial charge >= 0.3 is 5.97 Å². The monoisotopic (exact) mass is 470 g/mol. The number of carbonyl (C=O) groups is 1. The normalized spacial score (nSPS) is 12.6. The van der Waals surface area contributed by atoms with E-state index in [4.69, 9.17) is 9.47 Å². The second-order valence-electron chi connectivity index (χ2n) is 6.24. The second kappa shape index (κ2) is 9.51. The quantitative estimate of drug-likeness (QED) is 0.597. The summed E-state index contributed by atoms with van der Waals surface area (Å²) in [5.74, 6) is 0.0781. The Kier molecular flexibility index (Phi) is 7.59. The molecule has 0 saturated heterocycles. The van der Waals surface area contributed by atoms with Crippen molar-refractivity contribution in [1.29, 1.82) is 0 Å². The summed E-state index contributed by atoms with van der Waals surface area (Å²) >= 11 is 3.23. The molecule has 1 N–H and O–H groups in total. The fraction of sp³-hybridized carbons (Fsp3) is 0.316. The maximum absolute atomic E-state index is 12.8. The molecule has 0 aromatic heterocycles. The highest BCUT2D eigenvalue weighted by atomic mass is 79.9. The molecular weight excluding hydrogens is 448 g/mol. The van der Waals surface area contributed by atoms with E-state index in [0.717, 1.165) is 5.56 Å². The van der Waals surface area contributed by atoms with E-state index < -0.39 is 16.0 Å². The number of carbonyl (C=O) groups excluding carboxylic acids is 1. The van der Waals surface area contributed by atoms with Crippen LogP contribution in [0.3, 0.4) is 0 Å². The minimum atomic E-state index is -3.83. The van der Waals surface area contributed by atoms with Gasteiger partial charge in [-0.25, -0.2) is 17.9 Å². The third kappa shape index (κ3) is 5.32. The molecule has 28 heavy (non-hydrogen) atoms. The van der Waals surface area contributed by atoms with E-state index in [2.05, 4.69) is 20.7 Å². The van der Waals surface area contributed by atoms with Gasteiger partial charge in [0, 0.05) is 17.1 Å². The zero-order valence-corrected chi connectivity index (χ0v) is 18.5. The van der Waals surface area contributed by atoms with Gasteiger partial charge in [-0.2, -0.15) is 0 Å². The molecule has 0 saturated carbocycles. The summed E-state index contributed by atoms with van der Waals surface area (Å²) < 4.78 is 38.6. The van der Waals surface area contributed by atoms with Crippen molar-refractivity contribution in [3.8, 4) is 5.75 Å². The van der Waals surface area contributed by atoms with Crippen molar-refractivity contribution in [2.75, 3.05) is 34.9 Å². The van der Waals surface area contributed by atoms with E-state index in [-0.39, 0.29) is 23.0 Å². The van der Waals surface area contributed by atoms with Crippen LogP contribution in [-0.2, 0) is 14.8 Å². The van der Waals surface area contributed by atoms with Gasteiger partial charge in [-0.15, -0.1) is 0 Å². The molecule has 1 atom stereocenters. The lowest BCUT2D eigenvalue weighted by Gasteiger charge is -2.25. The van der Waals surface area contributed by atoms with Crippen molar-refractivity contribution in [2.45, 2.75) is 10.9 Å². The first-order chi connectivity index (χ1) is 13.2. The second-order valence-corrected chi connectivity index (χ2v) is 8.86. The predicted octanol–water partition coefficient (Wildman–Crippen LogP) is 2.83. The Morgan fingerprint density at radius 3 is 2.50 bits per heavy atom. The van der Waals surface area contributed by atoms with Gasteiger partial charge in [-0.1, -0.05) is 12.1 Å². The van der Waals surface area contributed by atoms with Crippen molar-refractivity contribution in [2.24, 2.45) is 0 Å². The van der Waals surface area contributed by atoms with Crippen LogP contribution >= 0.6 is 15.9 Å². The molecule has 0 amide bonds. The molecule has 0 bridgehead atoms. The lowest BCUT2D eigenvalue weighted by Crippen LogP contribution is -2.34. The van der Waals surface area contributed by atoms with Crippen LogP contribution in [-0.4, -0.2) is 54.1 Å². The first-order valence-electron chi connectivity index (χ1n) is 8.37. The van der Waals surface area contributed by atoms with Crippen molar-refractivity contribution in [3.05, 3.63) is 58.1 Å². The van der Waals surface area contributed by atoms with Crippen LogP contribution < -0.4 is 9.46 Å². The third-order valence-electron chi connectivity index (χ3n) is 4.22. The lowest BCUT2D eigenvalue weighted by molar-refractivity contribution is 0.0599. The first kappa shape index (κ1) is 22.4. The summed E-state index contributed by atoms with van der Waals surface area (Å²) in [6.45, 7) is 0.145. The molecule has 0 aliphatic rings. The molecule has 2 rings (SSSR count). The summed E-state index contributed by atoms with van der Waals surface area (Å²) in [6, 6.07) is 11.5. The fourth-order valence-electron chi connectivity index (χ4n) is 2.66. The van der Waals surface area contributed by atoms with E-state index in [1.807, 2.05) is 43.3 Å². The topological polar surface area (TPSA) is 84.9 Å². The molecule has 0 aliphatic heterocycles. The Hall–Kier alpha value is -1.94. The van der Waals surface area contributed by atoms with Crippen molar-refractivity contribution in [3.63, 3.8) is 0 Å². The number of benzene rings is 2. The molecule has 0 fully saturated rings. The number of methoxy groups -OCH3 is 2. The molecule has 0 heterocycles. The Morgan fingerprint density at radius 1 is 1.18 bits per heavy atom. The van der Waals surface area contributed by atoms with Crippen molar-refractivity contribution < 1.29 is 22.7 Å². The number of nitrogens with one attached hydrogen (secondary N) is 1. The molecule has 2 aromatic carbocycles. The van der Waals surface area contributed by atoms with Crippen LogP contribution in [0.2, 0.25) is 0 Å². The summed E-state index contributed by atoms with van der Waals surface area (Å²) in [5, 5.41) is 0. The molecule has 1 unspecified atom stereocenters. The maximum Gasteiger partial charge on any atom is 0.339 e. The molecule has 2 aromatic rings. The number of hydrogen-bond donors (Lipinski definition) is 1. The number of likely N-dealkylation sites (N-methyl/N-ethyl adjacent to an activating group) is 1. The molecule has 0 spiro atoms. The molecular formula is C19H23BrN2O5S. The number of ether oxygens (including phenoxy) is 2. The summed E-state index contributed by atoms with van der Waals surface area (Å²) in [7, 11) is 2.73. The highest BCUT2D eigenvalue weighted by molar-refractivity contribution is 9.10. The van der Waals surface area contributed by atoms with E-state index >= 15 is 0 Å². The minimum absolute atomic E-state index is 0.0146. The number of sulfonamides is 1. The molecule has 0 aliphatic carbocycles. The molecule has 152 valence electrons. The van der Waals surface area contributed by atoms with E-state index in [1.54, 1.807) is 7.11 Å². The van der Waals surface area contributed by atoms with Gasteiger partial charge in [-0.05, 0) is 65.9 Å². The number of nitrogens with zero attached hydrogens (tertiary/aromatic N) is 1. The van der Waals surface area contributed by atoms with E-state index in [9.17, 15) is 13.2 Å². The molecule has 7 nitrogen and oxygen atoms in total. The van der Waals surface area contributed by atoms with Gasteiger partial charge < -0.3 is 14.4 Å². The molecule has 9 heteroatoms. The molecule has 0 radical (unpaired) electrons. The zero-order valence-electron chi connectivity index (χ0n) is 16.1. The average molecular weight is 471 g/mol. The predicted molar refractivity (Wildman–Crippen MR) is 110 cm³/mol. The van der Waals surface area contributed by atoms with Crippen LogP contribution in [0, 0.1) is 0 Å². The van der Waals surface area contributed by atoms with Crippen molar-refractivity contribution in [1.82, 2.24) is 9.62 Å². The zero-order chi connectivity index (χ0) is 20.9. The summed E-state index contributed by atoms with van der Waals surface area (Å²) in [5.41, 5.74) is 1.06. The van der Waals surface area contributed by atoms with Crippen LogP contribution in [0.1, 0.15) is 22.0 Å². The van der Waals surface area contributed by atoms with E-state index in [0.29, 0.717) is 10.2 Å². The van der Waals surface area contributed by atoms with Gasteiger partial charge in [-0.3, -0.25) is 0 Å². The smallest absolute Gasteiger partial charge is 0.339 e. The maximum atomic E-state index is 12.8. The summed E-state index contributed by atoms with van der Waals surface area (Å²) in [4.78, 5) is 13.7. The lowest BCUT2D eigenvalue weighted by atomic mass is 10.1. The average Bonchev–Trinajstić information content (AvgIpc) is 2.67. The Bertz CT molecular complexity index is 947. The van der Waals surface area contributed by atoms with Gasteiger partial charge in [0.1, 0.15) is 5.75 Å². The van der Waals surface area contributed by atoms with Crippen LogP contribution in [0.5, 0.6) is 5.75 Å². The Morgan fingerprint density at radius 2 is 1.89 bits per heavy atom. The van der Waals surface area contributed by atoms with Gasteiger partial charge in [0.25, 0.3) is 0 Å². The third-order valence-corrected chi connectivity index (χ3v) is 6.33. The largest absolute Gasteiger partial charge is 0.497 e. The Labute approximate surface area is 173 Å². The van der Waals surface area contributed by atoms with Crippen LogP contribution in [0.15, 0.2) is 51.8 Å². The number of rotatable bonds is 8. The standard InChI is InChI=1S/C19H23BrN2O5S/c1-22(2)18(13-6-5-7-14(10-13)26-3)12-21-28(24,25)15-8-9-17(20)16(11-15)19(23)27-4/h5-11,18,21H,12H2,1-4H3. The van der Waals surface area contributed by atoms with Gasteiger partial charge in [0.15, 0.2) is 0 Å². The summed E-state index contributed by atoms with van der Waals surface area (Å²) in [6.07, 6.45) is 0. The minimum Gasteiger partial charge on any atom is -0.497 e. The van der Waals surface area contributed by atoms with Gasteiger partial charge in [0.2, 0.25) is 10.0 Å². The number of esters is 1. The first-order valence-corrected chi connectivity index (χ1v) is 10.6. The van der Waals surface area contributed by atoms with Gasteiger partial charge in [0.05, 0.1) is 24.7 Å². The van der Waals surface area contributed by atoms with Crippen molar-refractivity contribution >= 4 is 31.9 Å².